The number of hydrogen-bond donors (Lipinski definition) is 4. The molecule has 0 saturated carbocycles. The summed E-state index contributed by atoms with van der Waals surface area (Å²) in [6.07, 6.45) is -4.80. The van der Waals surface area contributed by atoms with E-state index in [1.165, 1.54) is 12.1 Å². The second-order valence-electron chi connectivity index (χ2n) is 7.49. The van der Waals surface area contributed by atoms with Gasteiger partial charge in [-0.3, -0.25) is 19.4 Å². The van der Waals surface area contributed by atoms with Crippen LogP contribution in [0.2, 0.25) is 0 Å². The van der Waals surface area contributed by atoms with Gasteiger partial charge >= 0.3 is 6.18 Å². The Hall–Kier alpha value is -4.15. The SMILES string of the molecule is Cc1ccccc1NC(=O)C1CC(=O)Nc2nc(Nc3cccc(C(F)(F)F)c3)[nH]c(=O)c21. The zero-order chi connectivity index (χ0) is 23.8. The Bertz CT molecular complexity index is 1300. The third-order valence-corrected chi connectivity index (χ3v) is 5.12. The van der Waals surface area contributed by atoms with Crippen LogP contribution in [0.3, 0.4) is 0 Å². The molecule has 2 amide bonds. The van der Waals surface area contributed by atoms with Gasteiger partial charge in [-0.25, -0.2) is 0 Å². The molecule has 1 aliphatic heterocycles. The lowest BCUT2D eigenvalue weighted by Gasteiger charge is -2.24. The van der Waals surface area contributed by atoms with Crippen LogP contribution >= 0.6 is 0 Å². The van der Waals surface area contributed by atoms with E-state index < -0.39 is 35.0 Å². The predicted molar refractivity (Wildman–Crippen MR) is 115 cm³/mol. The number of aromatic amines is 1. The van der Waals surface area contributed by atoms with Gasteiger partial charge in [0, 0.05) is 17.8 Å². The van der Waals surface area contributed by atoms with Gasteiger partial charge in [-0.15, -0.1) is 0 Å². The molecule has 1 unspecified atom stereocenters. The number of carbonyl (C=O) groups excluding carboxylic acids is 2. The van der Waals surface area contributed by atoms with Crippen molar-refractivity contribution < 1.29 is 22.8 Å². The van der Waals surface area contributed by atoms with Gasteiger partial charge in [0.2, 0.25) is 17.8 Å². The summed E-state index contributed by atoms with van der Waals surface area (Å²) in [5.41, 5.74) is -0.228. The Morgan fingerprint density at radius 3 is 2.61 bits per heavy atom. The number of para-hydroxylation sites is 1. The predicted octanol–water partition coefficient (Wildman–Crippen LogP) is 3.91. The quantitative estimate of drug-likeness (QED) is 0.474. The number of benzene rings is 2. The lowest BCUT2D eigenvalue weighted by atomic mass is 9.92. The molecule has 0 fully saturated rings. The average molecular weight is 457 g/mol. The third kappa shape index (κ3) is 4.71. The summed E-state index contributed by atoms with van der Waals surface area (Å²) >= 11 is 0. The molecule has 1 atom stereocenters. The van der Waals surface area contributed by atoms with Gasteiger partial charge < -0.3 is 16.0 Å². The third-order valence-electron chi connectivity index (χ3n) is 5.12. The highest BCUT2D eigenvalue weighted by Crippen LogP contribution is 2.32. The van der Waals surface area contributed by atoms with Crippen LogP contribution in [0.4, 0.5) is 36.3 Å². The Labute approximate surface area is 185 Å². The van der Waals surface area contributed by atoms with Crippen molar-refractivity contribution in [2.45, 2.75) is 25.4 Å². The van der Waals surface area contributed by atoms with Crippen LogP contribution in [0.1, 0.15) is 29.0 Å². The standard InChI is InChI=1S/C22H18F3N5O3/c1-11-5-2-3-8-15(11)27-19(32)14-10-16(31)28-18-17(14)20(33)30-21(29-18)26-13-7-4-6-12(9-13)22(23,24)25/h2-9,14H,10H2,1H3,(H,27,32)(H3,26,28,29,30,31,33). The van der Waals surface area contributed by atoms with Crippen LogP contribution in [0.25, 0.3) is 0 Å². The number of rotatable bonds is 4. The number of aromatic nitrogens is 2. The van der Waals surface area contributed by atoms with Gasteiger partial charge in [0.05, 0.1) is 17.0 Å². The highest BCUT2D eigenvalue weighted by Gasteiger charge is 2.35. The summed E-state index contributed by atoms with van der Waals surface area (Å²) in [5.74, 6) is -2.47. The van der Waals surface area contributed by atoms with Gasteiger partial charge in [-0.2, -0.15) is 18.2 Å². The van der Waals surface area contributed by atoms with Gasteiger partial charge in [0.1, 0.15) is 5.82 Å². The molecule has 0 bridgehead atoms. The first-order valence-corrected chi connectivity index (χ1v) is 9.86. The summed E-state index contributed by atoms with van der Waals surface area (Å²) in [4.78, 5) is 44.4. The highest BCUT2D eigenvalue weighted by atomic mass is 19.4. The Kier molecular flexibility index (Phi) is 5.62. The maximum absolute atomic E-state index is 13.0. The number of H-pyrrole nitrogens is 1. The molecule has 8 nitrogen and oxygen atoms in total. The van der Waals surface area contributed by atoms with E-state index in [0.717, 1.165) is 17.7 Å². The monoisotopic (exact) mass is 457 g/mol. The summed E-state index contributed by atoms with van der Waals surface area (Å²) < 4.78 is 38.9. The second kappa shape index (κ2) is 8.41. The molecule has 0 radical (unpaired) electrons. The van der Waals surface area contributed by atoms with E-state index in [2.05, 4.69) is 25.9 Å². The van der Waals surface area contributed by atoms with E-state index in [1.54, 1.807) is 25.1 Å². The molecule has 2 aromatic carbocycles. The number of hydrogen-bond acceptors (Lipinski definition) is 5. The minimum atomic E-state index is -4.54. The maximum atomic E-state index is 13.0. The number of alkyl halides is 3. The fourth-order valence-electron chi connectivity index (χ4n) is 3.50. The number of halogens is 3. The minimum absolute atomic E-state index is 0.0314. The van der Waals surface area contributed by atoms with Crippen LogP contribution in [0, 0.1) is 6.92 Å². The van der Waals surface area contributed by atoms with Gasteiger partial charge in [0.15, 0.2) is 0 Å². The first kappa shape index (κ1) is 22.1. The topological polar surface area (TPSA) is 116 Å². The molecule has 11 heteroatoms. The molecule has 170 valence electrons. The first-order chi connectivity index (χ1) is 15.6. The van der Waals surface area contributed by atoms with Gasteiger partial charge in [0.25, 0.3) is 5.56 Å². The molecule has 2 heterocycles. The van der Waals surface area contributed by atoms with E-state index in [-0.39, 0.29) is 29.4 Å². The molecule has 1 aliphatic rings. The Morgan fingerprint density at radius 1 is 1.12 bits per heavy atom. The smallest absolute Gasteiger partial charge is 0.326 e. The molecule has 4 rings (SSSR count). The number of nitrogens with zero attached hydrogens (tertiary/aromatic N) is 1. The molecule has 0 spiro atoms. The van der Waals surface area contributed by atoms with Gasteiger partial charge in [-0.05, 0) is 36.8 Å². The van der Waals surface area contributed by atoms with Crippen molar-refractivity contribution in [2.75, 3.05) is 16.0 Å². The molecule has 33 heavy (non-hydrogen) atoms. The molecule has 4 N–H and O–H groups in total. The second-order valence-corrected chi connectivity index (χ2v) is 7.49. The van der Waals surface area contributed by atoms with E-state index in [9.17, 15) is 27.6 Å². The number of amides is 2. The first-order valence-electron chi connectivity index (χ1n) is 9.86. The summed E-state index contributed by atoms with van der Waals surface area (Å²) in [7, 11) is 0. The van der Waals surface area contributed by atoms with E-state index in [0.29, 0.717) is 5.69 Å². The highest BCUT2D eigenvalue weighted by molar-refractivity contribution is 6.04. The van der Waals surface area contributed by atoms with Crippen LogP contribution < -0.4 is 21.5 Å². The summed E-state index contributed by atoms with van der Waals surface area (Å²) in [5, 5.41) is 7.77. The number of nitrogens with one attached hydrogen (secondary N) is 4. The number of fused-ring (bicyclic) bond motifs is 1. The van der Waals surface area contributed by atoms with Gasteiger partial charge in [-0.1, -0.05) is 24.3 Å². The lowest BCUT2D eigenvalue weighted by molar-refractivity contribution is -0.137. The van der Waals surface area contributed by atoms with E-state index >= 15 is 0 Å². The van der Waals surface area contributed by atoms with Crippen molar-refractivity contribution in [3.05, 3.63) is 75.6 Å². The molecular weight excluding hydrogens is 439 g/mol. The van der Waals surface area contributed by atoms with Crippen molar-refractivity contribution in [2.24, 2.45) is 0 Å². The zero-order valence-electron chi connectivity index (χ0n) is 17.2. The molecular formula is C22H18F3N5O3. The molecule has 0 saturated heterocycles. The fraction of sp³-hybridized carbons (Fsp3) is 0.182. The van der Waals surface area contributed by atoms with Crippen LogP contribution in [-0.4, -0.2) is 21.8 Å². The zero-order valence-corrected chi connectivity index (χ0v) is 17.2. The van der Waals surface area contributed by atoms with Crippen molar-refractivity contribution >= 4 is 35.0 Å². The normalized spacial score (nSPS) is 15.4. The van der Waals surface area contributed by atoms with Crippen molar-refractivity contribution in [3.63, 3.8) is 0 Å². The molecule has 1 aromatic heterocycles. The lowest BCUT2D eigenvalue weighted by Crippen LogP contribution is -2.36. The minimum Gasteiger partial charge on any atom is -0.326 e. The summed E-state index contributed by atoms with van der Waals surface area (Å²) in [6, 6.07) is 11.4. The summed E-state index contributed by atoms with van der Waals surface area (Å²) in [6.45, 7) is 1.80. The van der Waals surface area contributed by atoms with Crippen molar-refractivity contribution in [1.82, 2.24) is 9.97 Å². The largest absolute Gasteiger partial charge is 0.416 e. The average Bonchev–Trinajstić information content (AvgIpc) is 2.74. The Balaban J connectivity index is 1.64. The van der Waals surface area contributed by atoms with Crippen LogP contribution in [0.15, 0.2) is 53.3 Å². The number of carbonyl (C=O) groups is 2. The van der Waals surface area contributed by atoms with E-state index in [1.807, 2.05) is 6.07 Å². The number of anilines is 4. The van der Waals surface area contributed by atoms with Crippen LogP contribution in [0.5, 0.6) is 0 Å². The molecule has 0 aliphatic carbocycles. The van der Waals surface area contributed by atoms with E-state index in [4.69, 9.17) is 0 Å². The van der Waals surface area contributed by atoms with Crippen molar-refractivity contribution in [1.29, 1.82) is 0 Å². The van der Waals surface area contributed by atoms with Crippen molar-refractivity contribution in [3.8, 4) is 0 Å². The number of aryl methyl sites for hydroxylation is 1. The van der Waals surface area contributed by atoms with Crippen LogP contribution in [-0.2, 0) is 15.8 Å². The Morgan fingerprint density at radius 2 is 1.88 bits per heavy atom. The molecule has 3 aromatic rings. The fourth-order valence-corrected chi connectivity index (χ4v) is 3.50. The maximum Gasteiger partial charge on any atom is 0.416 e.